The quantitative estimate of drug-likeness (QED) is 0.569. The van der Waals surface area contributed by atoms with E-state index in [0.29, 0.717) is 0 Å². The van der Waals surface area contributed by atoms with Crippen LogP contribution >= 0.6 is 0 Å². The molecule has 5 rings (SSSR count). The molecule has 0 saturated heterocycles. The maximum Gasteiger partial charge on any atom is 0.183 e. The maximum absolute atomic E-state index is 5.94. The summed E-state index contributed by atoms with van der Waals surface area (Å²) in [5, 5.41) is 0. The lowest BCUT2D eigenvalue weighted by Crippen LogP contribution is -2.48. The second kappa shape index (κ2) is 5.88. The van der Waals surface area contributed by atoms with Gasteiger partial charge in [0.1, 0.15) is 6.17 Å². The normalized spacial score (nSPS) is 23.1. The van der Waals surface area contributed by atoms with Crippen molar-refractivity contribution < 1.29 is 4.42 Å². The molecule has 2 aromatic carbocycles. The van der Waals surface area contributed by atoms with Crippen LogP contribution in [0.1, 0.15) is 44.4 Å². The van der Waals surface area contributed by atoms with E-state index >= 15 is 0 Å². The average Bonchev–Trinajstić information content (AvgIpc) is 3.26. The SMILES string of the molecule is CCCC1(C)CC2N(c3ccccc3C)c3ccccc3N2c2ncoc21. The number of oxazole rings is 1. The number of aromatic nitrogens is 1. The molecule has 27 heavy (non-hydrogen) atoms. The third-order valence-electron chi connectivity index (χ3n) is 6.13. The minimum atomic E-state index is -0.00920. The molecule has 3 heterocycles. The maximum atomic E-state index is 5.94. The van der Waals surface area contributed by atoms with Gasteiger partial charge in [0.15, 0.2) is 18.0 Å². The van der Waals surface area contributed by atoms with E-state index in [1.807, 2.05) is 0 Å². The number of hydrogen-bond acceptors (Lipinski definition) is 4. The Balaban J connectivity index is 1.73. The lowest BCUT2D eigenvalue weighted by Gasteiger charge is -2.43. The van der Waals surface area contributed by atoms with Crippen LogP contribution < -0.4 is 9.80 Å². The fourth-order valence-corrected chi connectivity index (χ4v) is 4.96. The third-order valence-corrected chi connectivity index (χ3v) is 6.13. The zero-order chi connectivity index (χ0) is 18.6. The smallest absolute Gasteiger partial charge is 0.183 e. The molecule has 0 bridgehead atoms. The van der Waals surface area contributed by atoms with Crippen LogP contribution in [0.25, 0.3) is 0 Å². The van der Waals surface area contributed by atoms with Crippen LogP contribution in [-0.2, 0) is 5.41 Å². The number of hydrogen-bond donors (Lipinski definition) is 0. The Hall–Kier alpha value is -2.75. The highest BCUT2D eigenvalue weighted by atomic mass is 16.3. The van der Waals surface area contributed by atoms with Crippen LogP contribution in [-0.4, -0.2) is 11.1 Å². The summed E-state index contributed by atoms with van der Waals surface area (Å²) in [6.07, 6.45) is 5.04. The molecule has 4 heteroatoms. The molecular weight excluding hydrogens is 334 g/mol. The molecule has 1 aromatic heterocycles. The summed E-state index contributed by atoms with van der Waals surface area (Å²) in [6, 6.07) is 17.3. The minimum Gasteiger partial charge on any atom is -0.446 e. The predicted octanol–water partition coefficient (Wildman–Crippen LogP) is 6.06. The Kier molecular flexibility index (Phi) is 3.58. The first-order valence-electron chi connectivity index (χ1n) is 9.81. The zero-order valence-corrected chi connectivity index (χ0v) is 16.1. The van der Waals surface area contributed by atoms with Gasteiger partial charge >= 0.3 is 0 Å². The molecule has 3 aromatic rings. The first kappa shape index (κ1) is 16.4. The van der Waals surface area contributed by atoms with E-state index in [2.05, 4.69) is 84.1 Å². The van der Waals surface area contributed by atoms with E-state index in [1.165, 1.54) is 22.6 Å². The van der Waals surface area contributed by atoms with Gasteiger partial charge in [-0.2, -0.15) is 4.98 Å². The van der Waals surface area contributed by atoms with E-state index in [1.54, 1.807) is 6.39 Å². The molecule has 0 fully saturated rings. The zero-order valence-electron chi connectivity index (χ0n) is 16.1. The number of anilines is 4. The monoisotopic (exact) mass is 359 g/mol. The van der Waals surface area contributed by atoms with Gasteiger partial charge in [-0.15, -0.1) is 0 Å². The van der Waals surface area contributed by atoms with Gasteiger partial charge in [-0.3, -0.25) is 4.90 Å². The lowest BCUT2D eigenvalue weighted by molar-refractivity contribution is 0.284. The molecule has 0 amide bonds. The van der Waals surface area contributed by atoms with Crippen LogP contribution in [0.4, 0.5) is 22.9 Å². The van der Waals surface area contributed by atoms with Crippen LogP contribution in [0.2, 0.25) is 0 Å². The first-order chi connectivity index (χ1) is 13.1. The van der Waals surface area contributed by atoms with Gasteiger partial charge < -0.3 is 9.32 Å². The Morgan fingerprint density at radius 1 is 1.04 bits per heavy atom. The molecule has 0 saturated carbocycles. The summed E-state index contributed by atoms with van der Waals surface area (Å²) in [5.74, 6) is 2.01. The predicted molar refractivity (Wildman–Crippen MR) is 109 cm³/mol. The van der Waals surface area contributed by atoms with Crippen molar-refractivity contribution in [2.45, 2.75) is 51.6 Å². The lowest BCUT2D eigenvalue weighted by atomic mass is 9.76. The summed E-state index contributed by atoms with van der Waals surface area (Å²) in [4.78, 5) is 9.53. The molecule has 0 N–H and O–H groups in total. The molecule has 2 aliphatic rings. The van der Waals surface area contributed by atoms with Gasteiger partial charge in [0.05, 0.1) is 11.4 Å². The second-order valence-corrected chi connectivity index (χ2v) is 8.02. The largest absolute Gasteiger partial charge is 0.446 e. The first-order valence-corrected chi connectivity index (χ1v) is 9.81. The molecule has 2 atom stereocenters. The van der Waals surface area contributed by atoms with Crippen molar-refractivity contribution in [1.82, 2.24) is 4.98 Å². The summed E-state index contributed by atoms with van der Waals surface area (Å²) >= 11 is 0. The molecule has 2 unspecified atom stereocenters. The van der Waals surface area contributed by atoms with E-state index in [0.717, 1.165) is 30.8 Å². The summed E-state index contributed by atoms with van der Waals surface area (Å²) < 4.78 is 5.94. The van der Waals surface area contributed by atoms with Crippen molar-refractivity contribution in [2.24, 2.45) is 0 Å². The van der Waals surface area contributed by atoms with Gasteiger partial charge in [-0.25, -0.2) is 0 Å². The Bertz CT molecular complexity index is 995. The van der Waals surface area contributed by atoms with Crippen molar-refractivity contribution in [1.29, 1.82) is 0 Å². The van der Waals surface area contributed by atoms with E-state index in [9.17, 15) is 0 Å². The third kappa shape index (κ3) is 2.25. The standard InChI is InChI=1S/C23H25N3O/c1-4-13-23(3)14-20-25(17-10-6-5-9-16(17)2)18-11-7-8-12-19(18)26(20)22-21(23)27-15-24-22/h5-12,15,20H,4,13-14H2,1-3H3. The molecule has 2 aliphatic heterocycles. The number of fused-ring (bicyclic) bond motifs is 5. The van der Waals surface area contributed by atoms with E-state index in [-0.39, 0.29) is 11.6 Å². The average molecular weight is 359 g/mol. The van der Waals surface area contributed by atoms with Crippen molar-refractivity contribution >= 4 is 22.9 Å². The Morgan fingerprint density at radius 3 is 2.41 bits per heavy atom. The van der Waals surface area contributed by atoms with E-state index in [4.69, 9.17) is 4.42 Å². The highest BCUT2D eigenvalue weighted by Gasteiger charge is 2.50. The summed E-state index contributed by atoms with van der Waals surface area (Å²) in [6.45, 7) is 6.77. The van der Waals surface area contributed by atoms with Crippen molar-refractivity contribution in [2.75, 3.05) is 9.80 Å². The van der Waals surface area contributed by atoms with Crippen LogP contribution in [0.15, 0.2) is 59.3 Å². The number of benzene rings is 2. The van der Waals surface area contributed by atoms with Gasteiger partial charge in [-0.05, 0) is 43.5 Å². The molecular formula is C23H25N3O. The molecule has 0 radical (unpaired) electrons. The van der Waals surface area contributed by atoms with Crippen molar-refractivity contribution in [3.63, 3.8) is 0 Å². The highest BCUT2D eigenvalue weighted by molar-refractivity contribution is 5.89. The van der Waals surface area contributed by atoms with Crippen LogP contribution in [0.5, 0.6) is 0 Å². The fraction of sp³-hybridized carbons (Fsp3) is 0.348. The van der Waals surface area contributed by atoms with Crippen LogP contribution in [0, 0.1) is 6.92 Å². The number of para-hydroxylation sites is 3. The van der Waals surface area contributed by atoms with Gasteiger partial charge in [0, 0.05) is 11.1 Å². The van der Waals surface area contributed by atoms with Crippen molar-refractivity contribution in [3.05, 3.63) is 66.2 Å². The molecule has 0 aliphatic carbocycles. The highest BCUT2D eigenvalue weighted by Crippen LogP contribution is 2.56. The second-order valence-electron chi connectivity index (χ2n) is 8.02. The Labute approximate surface area is 160 Å². The van der Waals surface area contributed by atoms with Gasteiger partial charge in [0.25, 0.3) is 0 Å². The molecule has 138 valence electrons. The van der Waals surface area contributed by atoms with Gasteiger partial charge in [-0.1, -0.05) is 50.6 Å². The number of rotatable bonds is 3. The summed E-state index contributed by atoms with van der Waals surface area (Å²) in [5.41, 5.74) is 5.00. The van der Waals surface area contributed by atoms with Gasteiger partial charge in [0.2, 0.25) is 0 Å². The minimum absolute atomic E-state index is 0.00920. The number of aryl methyl sites for hydroxylation is 1. The summed E-state index contributed by atoms with van der Waals surface area (Å²) in [7, 11) is 0. The molecule has 4 nitrogen and oxygen atoms in total. The number of nitrogens with zero attached hydrogens (tertiary/aromatic N) is 3. The van der Waals surface area contributed by atoms with Crippen molar-refractivity contribution in [3.8, 4) is 0 Å². The Morgan fingerprint density at radius 2 is 1.70 bits per heavy atom. The topological polar surface area (TPSA) is 32.5 Å². The van der Waals surface area contributed by atoms with E-state index < -0.39 is 0 Å². The fourth-order valence-electron chi connectivity index (χ4n) is 4.96. The molecule has 0 spiro atoms. The van der Waals surface area contributed by atoms with Crippen LogP contribution in [0.3, 0.4) is 0 Å².